The lowest BCUT2D eigenvalue weighted by molar-refractivity contribution is -0.139. The number of hydrogen-bond donors (Lipinski definition) is 2. The van der Waals surface area contributed by atoms with E-state index in [4.69, 9.17) is 22.4 Å². The number of nitrogens with two attached hydrogens (primary N) is 1. The molecule has 0 aromatic carbocycles. The van der Waals surface area contributed by atoms with Crippen LogP contribution in [0.1, 0.15) is 19.5 Å². The molecule has 1 aromatic heterocycles. The van der Waals surface area contributed by atoms with Crippen LogP contribution in [-0.4, -0.2) is 31.8 Å². The highest BCUT2D eigenvalue weighted by atomic mass is 35.5. The van der Waals surface area contributed by atoms with E-state index in [1.165, 1.54) is 18.0 Å². The molecule has 0 radical (unpaired) electrons. The topological polar surface area (TPSA) is 89.1 Å². The van der Waals surface area contributed by atoms with Gasteiger partial charge in [0.1, 0.15) is 11.2 Å². The molecule has 0 amide bonds. The van der Waals surface area contributed by atoms with Gasteiger partial charge in [0.05, 0.1) is 18.1 Å². The Kier molecular flexibility index (Phi) is 4.73. The number of carboxylic acid groups (broad SMARTS) is 1. The fraction of sp³-hybridized carbons (Fsp3) is 0.500. The quantitative estimate of drug-likeness (QED) is 0.848. The van der Waals surface area contributed by atoms with Crippen molar-refractivity contribution in [3.05, 3.63) is 23.2 Å². The van der Waals surface area contributed by atoms with Gasteiger partial charge >= 0.3 is 5.97 Å². The van der Waals surface area contributed by atoms with Crippen LogP contribution in [0.5, 0.6) is 0 Å². The molecule has 0 unspecified atom stereocenters. The normalized spacial score (nSPS) is 13.4. The van der Waals surface area contributed by atoms with Gasteiger partial charge in [-0.15, -0.1) is 11.8 Å². The summed E-state index contributed by atoms with van der Waals surface area (Å²) in [6.07, 6.45) is 3.03. The number of carbonyl (C=O) groups is 1. The number of halogens is 1. The van der Waals surface area contributed by atoms with Crippen LogP contribution < -0.4 is 5.73 Å². The van der Waals surface area contributed by atoms with Crippen LogP contribution in [0, 0.1) is 0 Å². The van der Waals surface area contributed by atoms with Gasteiger partial charge in [-0.2, -0.15) is 0 Å². The van der Waals surface area contributed by atoms with Gasteiger partial charge in [0.25, 0.3) is 0 Å². The van der Waals surface area contributed by atoms with Crippen molar-refractivity contribution in [2.24, 2.45) is 5.73 Å². The third kappa shape index (κ3) is 4.14. The lowest BCUT2D eigenvalue weighted by Crippen LogP contribution is -2.46. The van der Waals surface area contributed by atoms with E-state index in [0.717, 1.165) is 5.69 Å². The highest BCUT2D eigenvalue weighted by Gasteiger charge is 2.32. The molecule has 0 bridgehead atoms. The van der Waals surface area contributed by atoms with E-state index >= 15 is 0 Å². The van der Waals surface area contributed by atoms with E-state index in [9.17, 15) is 4.79 Å². The maximum absolute atomic E-state index is 10.8. The predicted molar refractivity (Wildman–Crippen MR) is 68.0 cm³/mol. The molecule has 0 fully saturated rings. The minimum atomic E-state index is -1.01. The summed E-state index contributed by atoms with van der Waals surface area (Å²) in [5, 5.41) is 9.20. The van der Waals surface area contributed by atoms with Crippen LogP contribution >= 0.6 is 23.4 Å². The number of hydrogen-bond acceptors (Lipinski definition) is 5. The highest BCUT2D eigenvalue weighted by Crippen LogP contribution is 2.30. The van der Waals surface area contributed by atoms with Gasteiger partial charge in [0.2, 0.25) is 0 Å². The van der Waals surface area contributed by atoms with Crippen LogP contribution in [0.4, 0.5) is 0 Å². The summed E-state index contributed by atoms with van der Waals surface area (Å²) in [6.45, 7) is 3.58. The van der Waals surface area contributed by atoms with Crippen molar-refractivity contribution < 1.29 is 9.90 Å². The number of aromatic nitrogens is 2. The second-order valence-corrected chi connectivity index (χ2v) is 6.06. The van der Waals surface area contributed by atoms with Crippen LogP contribution in [0.15, 0.2) is 12.4 Å². The maximum Gasteiger partial charge on any atom is 0.321 e. The largest absolute Gasteiger partial charge is 0.480 e. The van der Waals surface area contributed by atoms with Gasteiger partial charge in [-0.3, -0.25) is 9.78 Å². The van der Waals surface area contributed by atoms with Crippen molar-refractivity contribution >= 4 is 29.3 Å². The Balaban J connectivity index is 2.60. The number of nitrogens with zero attached hydrogens (tertiary/aromatic N) is 2. The Hall–Kier alpha value is -0.850. The minimum absolute atomic E-state index is 0.334. The first kappa shape index (κ1) is 14.2. The van der Waals surface area contributed by atoms with Crippen molar-refractivity contribution in [1.82, 2.24) is 9.97 Å². The predicted octanol–water partition coefficient (Wildman–Crippen LogP) is 1.55. The molecule has 1 rings (SSSR count). The molecule has 1 aromatic rings. The summed E-state index contributed by atoms with van der Waals surface area (Å²) < 4.78 is -0.576. The Morgan fingerprint density at radius 2 is 2.24 bits per heavy atom. The van der Waals surface area contributed by atoms with Crippen molar-refractivity contribution in [3.8, 4) is 0 Å². The van der Waals surface area contributed by atoms with E-state index < -0.39 is 16.8 Å². The first-order valence-corrected chi connectivity index (χ1v) is 6.28. The zero-order chi connectivity index (χ0) is 13.1. The van der Waals surface area contributed by atoms with E-state index in [0.29, 0.717) is 10.9 Å². The molecule has 1 heterocycles. The lowest BCUT2D eigenvalue weighted by Gasteiger charge is -2.27. The average Bonchev–Trinajstić information content (AvgIpc) is 2.27. The summed E-state index contributed by atoms with van der Waals surface area (Å²) >= 11 is 7.04. The SMILES string of the molecule is CC(C)(SCc1cnc(Cl)cn1)[C@@H](N)C(=O)O. The zero-order valence-electron chi connectivity index (χ0n) is 9.55. The number of aliphatic carboxylic acids is 1. The summed E-state index contributed by atoms with van der Waals surface area (Å²) in [5.74, 6) is -0.470. The van der Waals surface area contributed by atoms with Crippen molar-refractivity contribution in [3.63, 3.8) is 0 Å². The Morgan fingerprint density at radius 1 is 1.59 bits per heavy atom. The fourth-order valence-corrected chi connectivity index (χ4v) is 2.11. The standard InChI is InChI=1S/C10H14ClN3O2S/c1-10(2,8(12)9(15)16)17-5-6-3-14-7(11)4-13-6/h3-4,8H,5,12H2,1-2H3,(H,15,16)/t8-/m0/s1. The zero-order valence-corrected chi connectivity index (χ0v) is 11.1. The molecular formula is C10H14ClN3O2S. The number of carboxylic acids is 1. The highest BCUT2D eigenvalue weighted by molar-refractivity contribution is 7.99. The van der Waals surface area contributed by atoms with Crippen LogP contribution in [0.25, 0.3) is 0 Å². The molecule has 0 saturated heterocycles. The van der Waals surface area contributed by atoms with Gasteiger partial charge in [-0.1, -0.05) is 11.6 Å². The molecule has 0 spiro atoms. The summed E-state index contributed by atoms with van der Waals surface area (Å²) in [6, 6.07) is -0.923. The lowest BCUT2D eigenvalue weighted by atomic mass is 10.1. The molecule has 0 aliphatic rings. The van der Waals surface area contributed by atoms with E-state index in [2.05, 4.69) is 9.97 Å². The summed E-state index contributed by atoms with van der Waals surface area (Å²) in [4.78, 5) is 18.8. The van der Waals surface area contributed by atoms with Gasteiger partial charge < -0.3 is 10.8 Å². The van der Waals surface area contributed by atoms with Crippen molar-refractivity contribution in [2.45, 2.75) is 30.4 Å². The molecular weight excluding hydrogens is 262 g/mol. The van der Waals surface area contributed by atoms with Crippen LogP contribution in [0.2, 0.25) is 5.15 Å². The van der Waals surface area contributed by atoms with E-state index in [1.54, 1.807) is 20.0 Å². The first-order chi connectivity index (χ1) is 7.83. The molecule has 17 heavy (non-hydrogen) atoms. The molecule has 0 aliphatic heterocycles. The summed E-state index contributed by atoms with van der Waals surface area (Å²) in [5.41, 5.74) is 6.35. The molecule has 94 valence electrons. The smallest absolute Gasteiger partial charge is 0.321 e. The van der Waals surface area contributed by atoms with E-state index in [-0.39, 0.29) is 0 Å². The van der Waals surface area contributed by atoms with Crippen molar-refractivity contribution in [2.75, 3.05) is 0 Å². The third-order valence-corrected chi connectivity index (χ3v) is 3.91. The number of thioether (sulfide) groups is 1. The Labute approximate surface area is 109 Å². The monoisotopic (exact) mass is 275 g/mol. The van der Waals surface area contributed by atoms with Crippen LogP contribution in [-0.2, 0) is 10.5 Å². The molecule has 0 saturated carbocycles. The molecule has 3 N–H and O–H groups in total. The average molecular weight is 276 g/mol. The third-order valence-electron chi connectivity index (χ3n) is 2.28. The van der Waals surface area contributed by atoms with Gasteiger partial charge in [0.15, 0.2) is 0 Å². The van der Waals surface area contributed by atoms with Gasteiger partial charge in [-0.05, 0) is 13.8 Å². The van der Waals surface area contributed by atoms with Crippen LogP contribution in [0.3, 0.4) is 0 Å². The Bertz CT molecular complexity index is 397. The summed E-state index contributed by atoms with van der Waals surface area (Å²) in [7, 11) is 0. The second kappa shape index (κ2) is 5.66. The van der Waals surface area contributed by atoms with Gasteiger partial charge in [-0.25, -0.2) is 4.98 Å². The molecule has 5 nitrogen and oxygen atoms in total. The first-order valence-electron chi connectivity index (χ1n) is 4.91. The maximum atomic E-state index is 10.8. The molecule has 0 aliphatic carbocycles. The fourth-order valence-electron chi connectivity index (χ4n) is 1.06. The van der Waals surface area contributed by atoms with Crippen molar-refractivity contribution in [1.29, 1.82) is 0 Å². The molecule has 7 heteroatoms. The minimum Gasteiger partial charge on any atom is -0.480 e. The Morgan fingerprint density at radius 3 is 2.71 bits per heavy atom. The second-order valence-electron chi connectivity index (χ2n) is 4.04. The molecule has 1 atom stereocenters. The van der Waals surface area contributed by atoms with E-state index in [1.807, 2.05) is 0 Å². The van der Waals surface area contributed by atoms with Gasteiger partial charge in [0, 0.05) is 10.5 Å². The number of rotatable bonds is 5.